The predicted octanol–water partition coefficient (Wildman–Crippen LogP) is 4.82. The topological polar surface area (TPSA) is 38.9 Å². The second-order valence-electron chi connectivity index (χ2n) is 4.54. The summed E-state index contributed by atoms with van der Waals surface area (Å²) in [4.78, 5) is 5.31. The highest BCUT2D eigenvalue weighted by molar-refractivity contribution is 7.99. The van der Waals surface area contributed by atoms with E-state index in [1.165, 1.54) is 0 Å². The minimum atomic E-state index is 0.156. The van der Waals surface area contributed by atoms with Gasteiger partial charge in [0.1, 0.15) is 5.03 Å². The Balaban J connectivity index is 2.10. The van der Waals surface area contributed by atoms with Gasteiger partial charge in [-0.25, -0.2) is 4.98 Å². The van der Waals surface area contributed by atoms with Crippen LogP contribution in [0, 0.1) is 0 Å². The first kappa shape index (κ1) is 15.6. The van der Waals surface area contributed by atoms with E-state index in [1.807, 2.05) is 30.3 Å². The molecule has 1 aromatic heterocycles. The first-order valence-electron chi connectivity index (χ1n) is 6.42. The van der Waals surface area contributed by atoms with Crippen LogP contribution in [-0.2, 0) is 6.42 Å². The van der Waals surface area contributed by atoms with Crippen molar-refractivity contribution in [2.45, 2.75) is 35.7 Å². The van der Waals surface area contributed by atoms with E-state index >= 15 is 0 Å². The van der Waals surface area contributed by atoms with E-state index in [1.54, 1.807) is 18.0 Å². The molecule has 1 atom stereocenters. The molecule has 2 rings (SSSR count). The van der Waals surface area contributed by atoms with Gasteiger partial charge >= 0.3 is 0 Å². The van der Waals surface area contributed by atoms with Crippen molar-refractivity contribution < 1.29 is 0 Å². The number of halogens is 2. The number of nitrogens with two attached hydrogens (primary N) is 1. The van der Waals surface area contributed by atoms with Crippen LogP contribution in [0.5, 0.6) is 0 Å². The van der Waals surface area contributed by atoms with Crippen molar-refractivity contribution in [1.29, 1.82) is 0 Å². The minimum absolute atomic E-state index is 0.156. The van der Waals surface area contributed by atoms with Crippen LogP contribution in [0.25, 0.3) is 0 Å². The highest BCUT2D eigenvalue weighted by Gasteiger charge is 2.07. The molecular weight excluding hydrogens is 311 g/mol. The van der Waals surface area contributed by atoms with E-state index < -0.39 is 0 Å². The van der Waals surface area contributed by atoms with E-state index in [0.717, 1.165) is 33.3 Å². The fourth-order valence-corrected chi connectivity index (χ4v) is 2.96. The number of hydrogen-bond acceptors (Lipinski definition) is 3. The van der Waals surface area contributed by atoms with Crippen LogP contribution >= 0.6 is 35.0 Å². The van der Waals surface area contributed by atoms with Crippen LogP contribution in [-0.4, -0.2) is 11.0 Å². The lowest BCUT2D eigenvalue weighted by molar-refractivity contribution is 0.646. The van der Waals surface area contributed by atoms with Crippen LogP contribution in [0.3, 0.4) is 0 Å². The molecule has 0 bridgehead atoms. The second-order valence-corrected chi connectivity index (χ2v) is 6.48. The number of rotatable bonds is 5. The molecule has 1 unspecified atom stereocenters. The van der Waals surface area contributed by atoms with Crippen molar-refractivity contribution in [1.82, 2.24) is 4.98 Å². The van der Waals surface area contributed by atoms with E-state index in [9.17, 15) is 0 Å². The third kappa shape index (κ3) is 4.38. The number of aromatic nitrogens is 1. The maximum absolute atomic E-state index is 6.31. The summed E-state index contributed by atoms with van der Waals surface area (Å²) in [6, 6.07) is 9.92. The molecule has 0 aliphatic heterocycles. The van der Waals surface area contributed by atoms with Gasteiger partial charge in [0.25, 0.3) is 0 Å². The van der Waals surface area contributed by atoms with Crippen molar-refractivity contribution in [3.05, 3.63) is 52.1 Å². The van der Waals surface area contributed by atoms with Gasteiger partial charge in [-0.1, -0.05) is 48.0 Å². The summed E-state index contributed by atoms with van der Waals surface area (Å²) in [6.07, 6.45) is 3.39. The molecule has 2 N–H and O–H groups in total. The zero-order valence-electron chi connectivity index (χ0n) is 11.1. The van der Waals surface area contributed by atoms with Gasteiger partial charge in [0.15, 0.2) is 0 Å². The Labute approximate surface area is 133 Å². The largest absolute Gasteiger partial charge is 0.327 e. The summed E-state index contributed by atoms with van der Waals surface area (Å²) in [5, 5.41) is 2.28. The van der Waals surface area contributed by atoms with Crippen molar-refractivity contribution in [3.8, 4) is 0 Å². The van der Waals surface area contributed by atoms with Gasteiger partial charge in [-0.3, -0.25) is 0 Å². The lowest BCUT2D eigenvalue weighted by atomic mass is 10.1. The molecular formula is C15H16Cl2N2S. The highest BCUT2D eigenvalue weighted by Crippen LogP contribution is 2.30. The maximum atomic E-state index is 6.31. The molecule has 5 heteroatoms. The molecule has 1 aromatic carbocycles. The normalized spacial score (nSPS) is 12.4. The summed E-state index contributed by atoms with van der Waals surface area (Å²) >= 11 is 13.7. The van der Waals surface area contributed by atoms with Gasteiger partial charge in [0.05, 0.1) is 5.02 Å². The molecule has 0 saturated heterocycles. The molecule has 2 aromatic rings. The molecule has 0 fully saturated rings. The fraction of sp³-hybridized carbons (Fsp3) is 0.267. The second kappa shape index (κ2) is 7.32. The highest BCUT2D eigenvalue weighted by atomic mass is 35.5. The Hall–Kier alpha value is -0.740. The van der Waals surface area contributed by atoms with Crippen LogP contribution in [0.15, 0.2) is 46.5 Å². The molecule has 0 saturated carbocycles. The maximum Gasteiger partial charge on any atom is 0.101 e. The zero-order valence-corrected chi connectivity index (χ0v) is 13.5. The SMILES string of the molecule is CCC(N)Cc1ccc(Sc2ccc(Cl)cn2)cc1Cl. The Kier molecular flexibility index (Phi) is 5.73. The van der Waals surface area contributed by atoms with Crippen LogP contribution in [0.4, 0.5) is 0 Å². The number of hydrogen-bond donors (Lipinski definition) is 1. The molecule has 2 nitrogen and oxygen atoms in total. The van der Waals surface area contributed by atoms with Crippen LogP contribution in [0.2, 0.25) is 10.0 Å². The minimum Gasteiger partial charge on any atom is -0.327 e. The molecule has 0 radical (unpaired) electrons. The molecule has 106 valence electrons. The predicted molar refractivity (Wildman–Crippen MR) is 86.8 cm³/mol. The van der Waals surface area contributed by atoms with Crippen molar-refractivity contribution in [2.75, 3.05) is 0 Å². The van der Waals surface area contributed by atoms with Crippen molar-refractivity contribution in [2.24, 2.45) is 5.73 Å². The van der Waals surface area contributed by atoms with Crippen molar-refractivity contribution >= 4 is 35.0 Å². The standard InChI is InChI=1S/C15H16Cl2N2S/c1-2-12(18)7-10-3-5-13(8-14(10)17)20-15-6-4-11(16)9-19-15/h3-6,8-9,12H,2,7,18H2,1H3. The third-order valence-corrected chi connectivity index (χ3v) is 4.47. The average molecular weight is 327 g/mol. The van der Waals surface area contributed by atoms with Gasteiger partial charge in [0.2, 0.25) is 0 Å². The van der Waals surface area contributed by atoms with Crippen LogP contribution in [0.1, 0.15) is 18.9 Å². The summed E-state index contributed by atoms with van der Waals surface area (Å²) in [7, 11) is 0. The van der Waals surface area contributed by atoms with Gasteiger partial charge in [-0.05, 0) is 42.7 Å². The van der Waals surface area contributed by atoms with Gasteiger partial charge in [0, 0.05) is 22.2 Å². The van der Waals surface area contributed by atoms with E-state index in [2.05, 4.69) is 11.9 Å². The van der Waals surface area contributed by atoms with Gasteiger partial charge in [-0.15, -0.1) is 0 Å². The molecule has 0 aliphatic carbocycles. The summed E-state index contributed by atoms with van der Waals surface area (Å²) < 4.78 is 0. The molecule has 0 amide bonds. The summed E-state index contributed by atoms with van der Waals surface area (Å²) in [6.45, 7) is 2.08. The Morgan fingerprint density at radius 2 is 2.05 bits per heavy atom. The fourth-order valence-electron chi connectivity index (χ4n) is 1.73. The first-order chi connectivity index (χ1) is 9.58. The molecule has 0 spiro atoms. The number of pyridine rings is 1. The van der Waals surface area contributed by atoms with Crippen LogP contribution < -0.4 is 5.73 Å². The van der Waals surface area contributed by atoms with E-state index in [-0.39, 0.29) is 6.04 Å². The first-order valence-corrected chi connectivity index (χ1v) is 7.99. The zero-order chi connectivity index (χ0) is 14.5. The Bertz CT molecular complexity index is 573. The van der Waals surface area contributed by atoms with Gasteiger partial charge in [-0.2, -0.15) is 0 Å². The van der Waals surface area contributed by atoms with E-state index in [0.29, 0.717) is 5.02 Å². The molecule has 20 heavy (non-hydrogen) atoms. The summed E-state index contributed by atoms with van der Waals surface area (Å²) in [5.74, 6) is 0. The van der Waals surface area contributed by atoms with E-state index in [4.69, 9.17) is 28.9 Å². The number of benzene rings is 1. The Morgan fingerprint density at radius 1 is 1.25 bits per heavy atom. The lowest BCUT2D eigenvalue weighted by Gasteiger charge is -2.11. The molecule has 1 heterocycles. The van der Waals surface area contributed by atoms with Gasteiger partial charge < -0.3 is 5.73 Å². The van der Waals surface area contributed by atoms with Crippen molar-refractivity contribution in [3.63, 3.8) is 0 Å². The smallest absolute Gasteiger partial charge is 0.101 e. The lowest BCUT2D eigenvalue weighted by Crippen LogP contribution is -2.21. The third-order valence-electron chi connectivity index (χ3n) is 2.95. The quantitative estimate of drug-likeness (QED) is 0.856. The number of nitrogens with zero attached hydrogens (tertiary/aromatic N) is 1. The average Bonchev–Trinajstić information content (AvgIpc) is 2.44. The molecule has 0 aliphatic rings. The monoisotopic (exact) mass is 326 g/mol. The Morgan fingerprint density at radius 3 is 2.65 bits per heavy atom. The summed E-state index contributed by atoms with van der Waals surface area (Å²) in [5.41, 5.74) is 7.06.